The first kappa shape index (κ1) is 18.3. The lowest BCUT2D eigenvalue weighted by Gasteiger charge is -2.26. The van der Waals surface area contributed by atoms with Crippen molar-refractivity contribution in [2.75, 3.05) is 24.6 Å². The lowest BCUT2D eigenvalue weighted by Crippen LogP contribution is -2.37. The predicted octanol–water partition coefficient (Wildman–Crippen LogP) is 2.78. The smallest absolute Gasteiger partial charge is 0.227 e. The van der Waals surface area contributed by atoms with E-state index in [1.807, 2.05) is 47.4 Å². The van der Waals surface area contributed by atoms with Crippen molar-refractivity contribution in [1.82, 2.24) is 5.32 Å². The standard InChI is InChI=1S/C22H26N4O2/c23-22(25-18-12-15-28-20-9-4-2-7-17(18)20)24-13-5-10-21(27)26-14-11-16-6-1-3-8-19(16)26/h1-4,6-9,18H,5,10-15H2,(H3,23,24,25). The highest BCUT2D eigenvalue weighted by Crippen LogP contribution is 2.31. The first-order valence-corrected chi connectivity index (χ1v) is 9.89. The van der Waals surface area contributed by atoms with Gasteiger partial charge in [-0.05, 0) is 30.5 Å². The minimum atomic E-state index is 0.108. The lowest BCUT2D eigenvalue weighted by atomic mass is 10.0. The van der Waals surface area contributed by atoms with Crippen molar-refractivity contribution >= 4 is 17.6 Å². The van der Waals surface area contributed by atoms with Gasteiger partial charge in [0.15, 0.2) is 5.96 Å². The number of amides is 1. The molecule has 1 unspecified atom stereocenters. The van der Waals surface area contributed by atoms with Crippen LogP contribution in [0.15, 0.2) is 53.5 Å². The highest BCUT2D eigenvalue weighted by Gasteiger charge is 2.23. The SMILES string of the molecule is NC(=NCCCC(=O)N1CCc2ccccc21)NC1CCOc2ccccc21. The van der Waals surface area contributed by atoms with Gasteiger partial charge in [-0.2, -0.15) is 0 Å². The molecule has 1 atom stereocenters. The van der Waals surface area contributed by atoms with Crippen LogP contribution in [-0.2, 0) is 11.2 Å². The largest absolute Gasteiger partial charge is 0.493 e. The van der Waals surface area contributed by atoms with E-state index >= 15 is 0 Å². The average Bonchev–Trinajstić information content (AvgIpc) is 3.16. The molecule has 4 rings (SSSR count). The van der Waals surface area contributed by atoms with Crippen LogP contribution in [0.1, 0.15) is 36.4 Å². The van der Waals surface area contributed by atoms with Crippen molar-refractivity contribution in [1.29, 1.82) is 0 Å². The number of fused-ring (bicyclic) bond motifs is 2. The molecule has 3 N–H and O–H groups in total. The monoisotopic (exact) mass is 378 g/mol. The fourth-order valence-corrected chi connectivity index (χ4v) is 3.88. The summed E-state index contributed by atoms with van der Waals surface area (Å²) in [5, 5.41) is 3.28. The Morgan fingerprint density at radius 3 is 2.96 bits per heavy atom. The van der Waals surface area contributed by atoms with Crippen LogP contribution in [0.2, 0.25) is 0 Å². The molecule has 2 aromatic carbocycles. The van der Waals surface area contributed by atoms with E-state index in [9.17, 15) is 4.79 Å². The normalized spacial score (nSPS) is 18.2. The molecular weight excluding hydrogens is 352 g/mol. The number of nitrogens with one attached hydrogen (secondary N) is 1. The molecule has 0 saturated heterocycles. The zero-order valence-electron chi connectivity index (χ0n) is 15.9. The van der Waals surface area contributed by atoms with Crippen LogP contribution >= 0.6 is 0 Å². The van der Waals surface area contributed by atoms with Crippen LogP contribution in [0, 0.1) is 0 Å². The van der Waals surface area contributed by atoms with Crippen LogP contribution in [0.3, 0.4) is 0 Å². The van der Waals surface area contributed by atoms with E-state index in [2.05, 4.69) is 16.4 Å². The van der Waals surface area contributed by atoms with Gasteiger partial charge in [-0.3, -0.25) is 9.79 Å². The van der Waals surface area contributed by atoms with Crippen molar-refractivity contribution in [3.63, 3.8) is 0 Å². The molecule has 1 amide bonds. The van der Waals surface area contributed by atoms with Gasteiger partial charge in [-0.25, -0.2) is 0 Å². The molecule has 28 heavy (non-hydrogen) atoms. The summed E-state index contributed by atoms with van der Waals surface area (Å²) in [4.78, 5) is 18.8. The third-order valence-electron chi connectivity index (χ3n) is 5.30. The summed E-state index contributed by atoms with van der Waals surface area (Å²) in [5.74, 6) is 1.47. The molecule has 0 bridgehead atoms. The first-order chi connectivity index (χ1) is 13.7. The molecule has 0 spiro atoms. The summed E-state index contributed by atoms with van der Waals surface area (Å²) in [6.45, 7) is 1.97. The topological polar surface area (TPSA) is 80.0 Å². The predicted molar refractivity (Wildman–Crippen MR) is 111 cm³/mol. The number of carbonyl (C=O) groups excluding carboxylic acids is 1. The number of guanidine groups is 1. The van der Waals surface area contributed by atoms with Gasteiger partial charge in [0.25, 0.3) is 0 Å². The molecule has 6 heteroatoms. The summed E-state index contributed by atoms with van der Waals surface area (Å²) < 4.78 is 5.67. The zero-order valence-corrected chi connectivity index (χ0v) is 15.9. The van der Waals surface area contributed by atoms with Crippen LogP contribution in [0.25, 0.3) is 0 Å². The van der Waals surface area contributed by atoms with Gasteiger partial charge >= 0.3 is 0 Å². The van der Waals surface area contributed by atoms with Crippen molar-refractivity contribution in [2.45, 2.75) is 31.7 Å². The van der Waals surface area contributed by atoms with Gasteiger partial charge in [0.2, 0.25) is 5.91 Å². The molecule has 2 aromatic rings. The Bertz CT molecular complexity index is 880. The lowest BCUT2D eigenvalue weighted by molar-refractivity contribution is -0.118. The molecule has 0 radical (unpaired) electrons. The Morgan fingerprint density at radius 1 is 1.21 bits per heavy atom. The quantitative estimate of drug-likeness (QED) is 0.476. The third-order valence-corrected chi connectivity index (χ3v) is 5.30. The number of aliphatic imine (C=N–C) groups is 1. The van der Waals surface area contributed by atoms with Crippen molar-refractivity contribution < 1.29 is 9.53 Å². The molecule has 146 valence electrons. The molecule has 6 nitrogen and oxygen atoms in total. The second-order valence-electron chi connectivity index (χ2n) is 7.17. The number of nitrogens with zero attached hydrogens (tertiary/aromatic N) is 2. The molecule has 0 aliphatic carbocycles. The summed E-state index contributed by atoms with van der Waals surface area (Å²) >= 11 is 0. The third kappa shape index (κ3) is 3.96. The Kier molecular flexibility index (Phi) is 5.46. The van der Waals surface area contributed by atoms with Crippen molar-refractivity contribution in [3.05, 3.63) is 59.7 Å². The molecule has 2 aliphatic heterocycles. The number of para-hydroxylation sites is 2. The fourth-order valence-electron chi connectivity index (χ4n) is 3.88. The molecule has 0 fully saturated rings. The maximum atomic E-state index is 12.5. The van der Waals surface area contributed by atoms with E-state index in [4.69, 9.17) is 10.5 Å². The van der Waals surface area contributed by atoms with Crippen molar-refractivity contribution in [3.8, 4) is 5.75 Å². The maximum absolute atomic E-state index is 12.5. The Hall–Kier alpha value is -3.02. The maximum Gasteiger partial charge on any atom is 0.227 e. The second-order valence-corrected chi connectivity index (χ2v) is 7.17. The second kappa shape index (κ2) is 8.33. The van der Waals surface area contributed by atoms with E-state index < -0.39 is 0 Å². The van der Waals surface area contributed by atoms with Gasteiger partial charge in [0.1, 0.15) is 5.75 Å². The number of nitrogens with two attached hydrogens (primary N) is 1. The molecular formula is C22H26N4O2. The Morgan fingerprint density at radius 2 is 2.04 bits per heavy atom. The van der Waals surface area contributed by atoms with Crippen LogP contribution in [-0.4, -0.2) is 31.6 Å². The highest BCUT2D eigenvalue weighted by molar-refractivity contribution is 5.95. The highest BCUT2D eigenvalue weighted by atomic mass is 16.5. The number of anilines is 1. The molecule has 0 aromatic heterocycles. The average molecular weight is 378 g/mol. The minimum Gasteiger partial charge on any atom is -0.493 e. The molecule has 2 heterocycles. The van der Waals surface area contributed by atoms with E-state index in [1.165, 1.54) is 5.56 Å². The Balaban J connectivity index is 1.26. The van der Waals surface area contributed by atoms with Gasteiger partial charge in [-0.15, -0.1) is 0 Å². The van der Waals surface area contributed by atoms with E-state index in [0.717, 1.165) is 36.4 Å². The van der Waals surface area contributed by atoms with E-state index in [0.29, 0.717) is 32.0 Å². The number of rotatable bonds is 5. The molecule has 2 aliphatic rings. The van der Waals surface area contributed by atoms with E-state index in [-0.39, 0.29) is 11.9 Å². The number of carbonyl (C=O) groups is 1. The number of benzene rings is 2. The molecule has 0 saturated carbocycles. The fraction of sp³-hybridized carbons (Fsp3) is 0.364. The van der Waals surface area contributed by atoms with Gasteiger partial charge in [0, 0.05) is 37.2 Å². The van der Waals surface area contributed by atoms with Gasteiger partial charge in [0.05, 0.1) is 12.6 Å². The van der Waals surface area contributed by atoms with Crippen LogP contribution < -0.4 is 20.7 Å². The van der Waals surface area contributed by atoms with Crippen LogP contribution in [0.4, 0.5) is 5.69 Å². The van der Waals surface area contributed by atoms with E-state index in [1.54, 1.807) is 0 Å². The summed E-state index contributed by atoms with van der Waals surface area (Å²) in [6, 6.07) is 16.2. The number of hydrogen-bond donors (Lipinski definition) is 2. The first-order valence-electron chi connectivity index (χ1n) is 9.89. The number of ether oxygens (including phenoxy) is 1. The number of hydrogen-bond acceptors (Lipinski definition) is 3. The minimum absolute atomic E-state index is 0.108. The Labute approximate surface area is 165 Å². The van der Waals surface area contributed by atoms with Crippen LogP contribution in [0.5, 0.6) is 5.75 Å². The van der Waals surface area contributed by atoms with Gasteiger partial charge in [-0.1, -0.05) is 36.4 Å². The summed E-state index contributed by atoms with van der Waals surface area (Å²) in [5.41, 5.74) is 9.47. The zero-order chi connectivity index (χ0) is 19.3. The summed E-state index contributed by atoms with van der Waals surface area (Å²) in [6.07, 6.45) is 2.94. The van der Waals surface area contributed by atoms with Gasteiger partial charge < -0.3 is 20.7 Å². The summed E-state index contributed by atoms with van der Waals surface area (Å²) in [7, 11) is 0. The van der Waals surface area contributed by atoms with Crippen molar-refractivity contribution in [2.24, 2.45) is 10.7 Å².